The van der Waals surface area contributed by atoms with Crippen molar-refractivity contribution in [3.05, 3.63) is 75.6 Å². The molecule has 1 aliphatic rings. The maximum atomic E-state index is 13.5. The second kappa shape index (κ2) is 10.1. The van der Waals surface area contributed by atoms with Gasteiger partial charge in [0.15, 0.2) is 17.3 Å². The smallest absolute Gasteiger partial charge is 0.253 e. The van der Waals surface area contributed by atoms with Crippen molar-refractivity contribution in [2.24, 2.45) is 5.92 Å². The number of nitrogens with one attached hydrogen (secondary N) is 1. The second-order valence-electron chi connectivity index (χ2n) is 9.29. The highest BCUT2D eigenvalue weighted by Crippen LogP contribution is 2.34. The van der Waals surface area contributed by atoms with Crippen molar-refractivity contribution in [2.75, 3.05) is 27.3 Å². The fourth-order valence-electron chi connectivity index (χ4n) is 4.82. The Hall–Kier alpha value is -3.79. The largest absolute Gasteiger partial charge is 0.493 e. The molecule has 0 amide bonds. The number of rotatable bonds is 7. The number of aromatic nitrogens is 5. The molecule has 1 saturated heterocycles. The molecule has 2 aromatic heterocycles. The third-order valence-electron chi connectivity index (χ3n) is 6.90. The maximum Gasteiger partial charge on any atom is 0.253 e. The third kappa shape index (κ3) is 4.68. The predicted molar refractivity (Wildman–Crippen MR) is 133 cm³/mol. The van der Waals surface area contributed by atoms with Gasteiger partial charge in [0.1, 0.15) is 11.9 Å². The minimum atomic E-state index is -0.450. The van der Waals surface area contributed by atoms with Crippen molar-refractivity contribution in [3.63, 3.8) is 0 Å². The molecule has 1 fully saturated rings. The number of hydrogen-bond donors (Lipinski definition) is 1. The zero-order valence-electron chi connectivity index (χ0n) is 20.6. The Morgan fingerprint density at radius 1 is 1.08 bits per heavy atom. The molecule has 1 aliphatic heterocycles. The van der Waals surface area contributed by atoms with Crippen LogP contribution in [0.2, 0.25) is 0 Å². The minimum absolute atomic E-state index is 0.213. The number of tetrazole rings is 1. The number of likely N-dealkylation sites (tertiary alicyclic amines) is 1. The summed E-state index contributed by atoms with van der Waals surface area (Å²) in [6.45, 7) is 4.24. The lowest BCUT2D eigenvalue weighted by molar-refractivity contribution is 0.149. The van der Waals surface area contributed by atoms with E-state index in [1.807, 2.05) is 12.1 Å². The van der Waals surface area contributed by atoms with Gasteiger partial charge in [-0.15, -0.1) is 5.10 Å². The number of piperidine rings is 1. The van der Waals surface area contributed by atoms with Crippen LogP contribution in [0.1, 0.15) is 42.8 Å². The lowest BCUT2D eigenvalue weighted by atomic mass is 9.95. The van der Waals surface area contributed by atoms with Crippen LogP contribution in [0.5, 0.6) is 11.5 Å². The first-order valence-electron chi connectivity index (χ1n) is 12.0. The summed E-state index contributed by atoms with van der Waals surface area (Å²) < 4.78 is 26.0. The maximum absolute atomic E-state index is 13.5. The summed E-state index contributed by atoms with van der Waals surface area (Å²) in [5, 5.41) is 13.4. The van der Waals surface area contributed by atoms with Gasteiger partial charge in [0.25, 0.3) is 5.56 Å². The van der Waals surface area contributed by atoms with Crippen molar-refractivity contribution in [3.8, 4) is 11.5 Å². The number of ether oxygens (including phenoxy) is 2. The summed E-state index contributed by atoms with van der Waals surface area (Å²) >= 11 is 0. The molecule has 2 aromatic carbocycles. The Balaban J connectivity index is 1.61. The van der Waals surface area contributed by atoms with Gasteiger partial charge in [-0.3, -0.25) is 9.69 Å². The van der Waals surface area contributed by atoms with E-state index < -0.39 is 6.04 Å². The van der Waals surface area contributed by atoms with Crippen molar-refractivity contribution in [2.45, 2.75) is 32.4 Å². The summed E-state index contributed by atoms with van der Waals surface area (Å²) in [7, 11) is 3.14. The van der Waals surface area contributed by atoms with Gasteiger partial charge in [0.2, 0.25) is 0 Å². The molecular weight excluding hydrogens is 463 g/mol. The van der Waals surface area contributed by atoms with Gasteiger partial charge in [0.05, 0.1) is 26.3 Å². The minimum Gasteiger partial charge on any atom is -0.493 e. The number of halogens is 1. The molecule has 3 heterocycles. The number of aromatic amines is 1. The normalized spacial score (nSPS) is 15.8. The van der Waals surface area contributed by atoms with E-state index in [0.29, 0.717) is 40.9 Å². The number of H-pyrrole nitrogens is 1. The van der Waals surface area contributed by atoms with Gasteiger partial charge in [-0.25, -0.2) is 9.07 Å². The van der Waals surface area contributed by atoms with Crippen LogP contribution in [0.25, 0.3) is 10.9 Å². The second-order valence-corrected chi connectivity index (χ2v) is 9.29. The topological polar surface area (TPSA) is 98.2 Å². The predicted octanol–water partition coefficient (Wildman–Crippen LogP) is 3.54. The molecule has 1 N–H and O–H groups in total. The van der Waals surface area contributed by atoms with Crippen molar-refractivity contribution in [1.82, 2.24) is 30.1 Å². The van der Waals surface area contributed by atoms with Crippen LogP contribution in [-0.4, -0.2) is 57.4 Å². The molecule has 36 heavy (non-hydrogen) atoms. The molecule has 10 heteroatoms. The first-order valence-corrected chi connectivity index (χ1v) is 12.0. The van der Waals surface area contributed by atoms with E-state index in [1.54, 1.807) is 37.1 Å². The Kier molecular flexibility index (Phi) is 6.69. The first kappa shape index (κ1) is 23.9. The van der Waals surface area contributed by atoms with Gasteiger partial charge < -0.3 is 14.5 Å². The fraction of sp³-hybridized carbons (Fsp3) is 0.385. The molecule has 1 atom stereocenters. The molecule has 9 nitrogen and oxygen atoms in total. The van der Waals surface area contributed by atoms with Gasteiger partial charge in [-0.1, -0.05) is 19.1 Å². The summed E-state index contributed by atoms with van der Waals surface area (Å²) in [5.41, 5.74) is 1.85. The Morgan fingerprint density at radius 2 is 1.78 bits per heavy atom. The molecule has 0 radical (unpaired) electrons. The van der Waals surface area contributed by atoms with Crippen molar-refractivity contribution >= 4 is 10.9 Å². The first-order chi connectivity index (χ1) is 17.5. The zero-order chi connectivity index (χ0) is 25.2. The standard InChI is InChI=1S/C26H29FN6O3/c1-16-8-10-32(11-9-16)24(25-29-30-31-33(25)15-17-4-6-19(27)7-5-17)20-12-18-13-22(35-2)23(36-3)14-21(18)28-26(20)34/h4-7,12-14,16,24H,8-11,15H2,1-3H3,(H,28,34)/t24-/m0/s1. The zero-order valence-corrected chi connectivity index (χ0v) is 20.6. The van der Waals surface area contributed by atoms with E-state index in [0.717, 1.165) is 36.9 Å². The lowest BCUT2D eigenvalue weighted by Gasteiger charge is -2.35. The van der Waals surface area contributed by atoms with E-state index in [2.05, 4.69) is 32.3 Å². The van der Waals surface area contributed by atoms with Gasteiger partial charge >= 0.3 is 0 Å². The number of hydrogen-bond acceptors (Lipinski definition) is 7. The lowest BCUT2D eigenvalue weighted by Crippen LogP contribution is -2.40. The van der Waals surface area contributed by atoms with Crippen LogP contribution in [-0.2, 0) is 6.54 Å². The quantitative estimate of drug-likeness (QED) is 0.421. The van der Waals surface area contributed by atoms with Crippen LogP contribution >= 0.6 is 0 Å². The Labute approximate surface area is 207 Å². The summed E-state index contributed by atoms with van der Waals surface area (Å²) in [5.74, 6) is 2.00. The van der Waals surface area contributed by atoms with Crippen LogP contribution in [0, 0.1) is 11.7 Å². The molecular formula is C26H29FN6O3. The molecule has 0 aliphatic carbocycles. The molecule has 0 unspecified atom stereocenters. The number of nitrogens with zero attached hydrogens (tertiary/aromatic N) is 5. The van der Waals surface area contributed by atoms with Crippen LogP contribution in [0.4, 0.5) is 4.39 Å². The third-order valence-corrected chi connectivity index (χ3v) is 6.90. The summed E-state index contributed by atoms with van der Waals surface area (Å²) in [6.07, 6.45) is 2.04. The average Bonchev–Trinajstić information content (AvgIpc) is 3.33. The summed E-state index contributed by atoms with van der Waals surface area (Å²) in [6, 6.07) is 11.3. The van der Waals surface area contributed by atoms with Crippen LogP contribution < -0.4 is 15.0 Å². The highest BCUT2D eigenvalue weighted by molar-refractivity contribution is 5.83. The van der Waals surface area contributed by atoms with E-state index in [4.69, 9.17) is 9.47 Å². The monoisotopic (exact) mass is 492 g/mol. The van der Waals surface area contributed by atoms with E-state index >= 15 is 0 Å². The SMILES string of the molecule is COc1cc2cc([C@@H](c3nnnn3Cc3ccc(F)cc3)N3CCC(C)CC3)c(=O)[nH]c2cc1OC. The molecule has 188 valence electrons. The van der Waals surface area contributed by atoms with Gasteiger partial charge in [-0.2, -0.15) is 0 Å². The van der Waals surface area contributed by atoms with E-state index in [-0.39, 0.29) is 11.4 Å². The van der Waals surface area contributed by atoms with E-state index in [1.165, 1.54) is 12.1 Å². The van der Waals surface area contributed by atoms with Crippen molar-refractivity contribution < 1.29 is 13.9 Å². The van der Waals surface area contributed by atoms with E-state index in [9.17, 15) is 9.18 Å². The van der Waals surface area contributed by atoms with Gasteiger partial charge in [-0.05, 0) is 72.1 Å². The van der Waals surface area contributed by atoms with Crippen molar-refractivity contribution in [1.29, 1.82) is 0 Å². The molecule has 4 aromatic rings. The summed E-state index contributed by atoms with van der Waals surface area (Å²) in [4.78, 5) is 18.7. The highest BCUT2D eigenvalue weighted by Gasteiger charge is 2.32. The van der Waals surface area contributed by atoms with Crippen LogP contribution in [0.3, 0.4) is 0 Å². The van der Waals surface area contributed by atoms with Crippen LogP contribution in [0.15, 0.2) is 47.3 Å². The molecule has 5 rings (SSSR count). The Bertz CT molecular complexity index is 1410. The average molecular weight is 493 g/mol. The highest BCUT2D eigenvalue weighted by atomic mass is 19.1. The number of methoxy groups -OCH3 is 2. The Morgan fingerprint density at radius 3 is 2.47 bits per heavy atom. The number of fused-ring (bicyclic) bond motifs is 1. The number of pyridine rings is 1. The molecule has 0 bridgehead atoms. The molecule has 0 saturated carbocycles. The number of benzene rings is 2. The fourth-order valence-corrected chi connectivity index (χ4v) is 4.82. The molecule has 0 spiro atoms. The van der Waals surface area contributed by atoms with Gasteiger partial charge in [0, 0.05) is 17.0 Å².